The van der Waals surface area contributed by atoms with Gasteiger partial charge in [0.15, 0.2) is 0 Å². The van der Waals surface area contributed by atoms with Gasteiger partial charge in [-0.05, 0) is 31.2 Å². The van der Waals surface area contributed by atoms with Gasteiger partial charge in [0, 0.05) is 12.3 Å². The van der Waals surface area contributed by atoms with Crippen molar-refractivity contribution in [1.29, 1.82) is 0 Å². The smallest absolute Gasteiger partial charge is 0.335 e. The molecule has 1 rings (SSSR count). The molecule has 0 unspecified atom stereocenters. The normalized spacial score (nSPS) is 9.94. The molecule has 5 nitrogen and oxygen atoms in total. The van der Waals surface area contributed by atoms with E-state index in [0.717, 1.165) is 0 Å². The summed E-state index contributed by atoms with van der Waals surface area (Å²) in [5.74, 6) is -1.14. The molecule has 0 aromatic heterocycles. The number of carbonyl (C=O) groups excluding carboxylic acids is 1. The molecule has 0 spiro atoms. The number of aromatic carboxylic acids is 1. The maximum Gasteiger partial charge on any atom is 0.335 e. The predicted octanol–water partition coefficient (Wildman–Crippen LogP) is 1.75. The van der Waals surface area contributed by atoms with Crippen molar-refractivity contribution in [2.24, 2.45) is 0 Å². The van der Waals surface area contributed by atoms with Crippen molar-refractivity contribution in [3.63, 3.8) is 0 Å². The number of carbonyl (C=O) groups is 2. The second-order valence-electron chi connectivity index (χ2n) is 3.38. The summed E-state index contributed by atoms with van der Waals surface area (Å²) in [6, 6.07) is 6.01. The van der Waals surface area contributed by atoms with Crippen LogP contribution in [-0.4, -0.2) is 30.2 Å². The van der Waals surface area contributed by atoms with E-state index in [0.29, 0.717) is 18.9 Å². The molecule has 0 radical (unpaired) electrons. The molecule has 1 aromatic carbocycles. The van der Waals surface area contributed by atoms with Crippen LogP contribution in [0.4, 0.5) is 5.69 Å². The van der Waals surface area contributed by atoms with Crippen molar-refractivity contribution < 1.29 is 19.4 Å². The van der Waals surface area contributed by atoms with E-state index in [1.807, 2.05) is 6.92 Å². The van der Waals surface area contributed by atoms with Crippen LogP contribution in [0.2, 0.25) is 0 Å². The SMILES string of the molecule is CCOCCC(=O)Nc1ccc(C(=O)O)cc1. The molecule has 0 saturated heterocycles. The third kappa shape index (κ3) is 4.65. The Hall–Kier alpha value is -1.88. The zero-order chi connectivity index (χ0) is 12.7. The highest BCUT2D eigenvalue weighted by molar-refractivity contribution is 5.92. The molecule has 0 saturated carbocycles. The van der Waals surface area contributed by atoms with Crippen LogP contribution in [0.3, 0.4) is 0 Å². The van der Waals surface area contributed by atoms with Gasteiger partial charge in [0.05, 0.1) is 18.6 Å². The van der Waals surface area contributed by atoms with Gasteiger partial charge in [0.1, 0.15) is 0 Å². The number of anilines is 1. The summed E-state index contributed by atoms with van der Waals surface area (Å²) in [6.45, 7) is 2.83. The number of amides is 1. The molecule has 0 aliphatic heterocycles. The van der Waals surface area contributed by atoms with Crippen molar-refractivity contribution in [2.45, 2.75) is 13.3 Å². The molecule has 2 N–H and O–H groups in total. The van der Waals surface area contributed by atoms with Crippen molar-refractivity contribution in [2.75, 3.05) is 18.5 Å². The lowest BCUT2D eigenvalue weighted by atomic mass is 10.2. The molecule has 0 aliphatic carbocycles. The zero-order valence-corrected chi connectivity index (χ0v) is 9.60. The Morgan fingerprint density at radius 3 is 2.47 bits per heavy atom. The molecular formula is C12H15NO4. The summed E-state index contributed by atoms with van der Waals surface area (Å²) in [5.41, 5.74) is 0.772. The van der Waals surface area contributed by atoms with Gasteiger partial charge in [-0.2, -0.15) is 0 Å². The Balaban J connectivity index is 2.46. The van der Waals surface area contributed by atoms with Crippen LogP contribution in [0.1, 0.15) is 23.7 Å². The molecule has 17 heavy (non-hydrogen) atoms. The van der Waals surface area contributed by atoms with Crippen LogP contribution in [0.15, 0.2) is 24.3 Å². The van der Waals surface area contributed by atoms with E-state index >= 15 is 0 Å². The highest BCUT2D eigenvalue weighted by Crippen LogP contribution is 2.09. The summed E-state index contributed by atoms with van der Waals surface area (Å²) in [7, 11) is 0. The summed E-state index contributed by atoms with van der Waals surface area (Å²) in [4.78, 5) is 22.0. The number of carboxylic acid groups (broad SMARTS) is 1. The van der Waals surface area contributed by atoms with Crippen LogP contribution >= 0.6 is 0 Å². The lowest BCUT2D eigenvalue weighted by molar-refractivity contribution is -0.117. The fourth-order valence-corrected chi connectivity index (χ4v) is 1.23. The van der Waals surface area contributed by atoms with Gasteiger partial charge in [-0.1, -0.05) is 0 Å². The number of ether oxygens (including phenoxy) is 1. The fourth-order valence-electron chi connectivity index (χ4n) is 1.23. The molecule has 92 valence electrons. The van der Waals surface area contributed by atoms with Crippen molar-refractivity contribution >= 4 is 17.6 Å². The van der Waals surface area contributed by atoms with Gasteiger partial charge >= 0.3 is 5.97 Å². The van der Waals surface area contributed by atoms with E-state index in [4.69, 9.17) is 9.84 Å². The van der Waals surface area contributed by atoms with E-state index < -0.39 is 5.97 Å². The second-order valence-corrected chi connectivity index (χ2v) is 3.38. The highest BCUT2D eigenvalue weighted by atomic mass is 16.5. The highest BCUT2D eigenvalue weighted by Gasteiger charge is 2.04. The number of nitrogens with one attached hydrogen (secondary N) is 1. The minimum atomic E-state index is -0.987. The van der Waals surface area contributed by atoms with Gasteiger partial charge in [-0.15, -0.1) is 0 Å². The average molecular weight is 237 g/mol. The standard InChI is InChI=1S/C12H15NO4/c1-2-17-8-7-11(14)13-10-5-3-9(4-6-10)12(15)16/h3-6H,2,7-8H2,1H3,(H,13,14)(H,15,16). The topological polar surface area (TPSA) is 75.6 Å². The van der Waals surface area contributed by atoms with E-state index in [2.05, 4.69) is 5.32 Å². The monoisotopic (exact) mass is 237 g/mol. The Morgan fingerprint density at radius 1 is 1.29 bits per heavy atom. The Kier molecular flexibility index (Phi) is 5.16. The number of benzene rings is 1. The number of hydrogen-bond acceptors (Lipinski definition) is 3. The fraction of sp³-hybridized carbons (Fsp3) is 0.333. The first kappa shape index (κ1) is 13.2. The van der Waals surface area contributed by atoms with Crippen molar-refractivity contribution in [3.05, 3.63) is 29.8 Å². The molecule has 0 aliphatic rings. The van der Waals surface area contributed by atoms with Crippen LogP contribution in [0.5, 0.6) is 0 Å². The van der Waals surface area contributed by atoms with E-state index in [1.54, 1.807) is 12.1 Å². The molecular weight excluding hydrogens is 222 g/mol. The third-order valence-electron chi connectivity index (χ3n) is 2.09. The van der Waals surface area contributed by atoms with Gasteiger partial charge in [-0.25, -0.2) is 4.79 Å². The number of carboxylic acids is 1. The quantitative estimate of drug-likeness (QED) is 0.739. The van der Waals surface area contributed by atoms with Gasteiger partial charge in [0.25, 0.3) is 0 Å². The minimum absolute atomic E-state index is 0.151. The summed E-state index contributed by atoms with van der Waals surface area (Å²) in [5, 5.41) is 11.4. The van der Waals surface area contributed by atoms with Crippen molar-refractivity contribution in [3.8, 4) is 0 Å². The second kappa shape index (κ2) is 6.65. The molecule has 5 heteroatoms. The lowest BCUT2D eigenvalue weighted by Gasteiger charge is -2.05. The molecule has 0 bridgehead atoms. The maximum absolute atomic E-state index is 11.4. The van der Waals surface area contributed by atoms with Crippen LogP contribution in [-0.2, 0) is 9.53 Å². The van der Waals surface area contributed by atoms with Gasteiger partial charge < -0.3 is 15.2 Å². The Bertz CT molecular complexity index is 386. The summed E-state index contributed by atoms with van der Waals surface area (Å²) in [6.07, 6.45) is 0.286. The maximum atomic E-state index is 11.4. The van der Waals surface area contributed by atoms with Crippen LogP contribution in [0, 0.1) is 0 Å². The van der Waals surface area contributed by atoms with Gasteiger partial charge in [0.2, 0.25) is 5.91 Å². The summed E-state index contributed by atoms with van der Waals surface area (Å²) < 4.78 is 5.05. The van der Waals surface area contributed by atoms with Crippen LogP contribution < -0.4 is 5.32 Å². The van der Waals surface area contributed by atoms with E-state index in [-0.39, 0.29) is 17.9 Å². The molecule has 0 atom stereocenters. The lowest BCUT2D eigenvalue weighted by Crippen LogP contribution is -2.14. The third-order valence-corrected chi connectivity index (χ3v) is 2.09. The number of rotatable bonds is 6. The largest absolute Gasteiger partial charge is 0.478 e. The Labute approximate surface area is 99.4 Å². The first-order valence-corrected chi connectivity index (χ1v) is 5.34. The molecule has 0 fully saturated rings. The minimum Gasteiger partial charge on any atom is -0.478 e. The molecule has 1 aromatic rings. The first-order chi connectivity index (χ1) is 8.13. The Morgan fingerprint density at radius 2 is 1.94 bits per heavy atom. The predicted molar refractivity (Wildman–Crippen MR) is 63.1 cm³/mol. The first-order valence-electron chi connectivity index (χ1n) is 5.34. The zero-order valence-electron chi connectivity index (χ0n) is 9.60. The molecule has 0 heterocycles. The number of hydrogen-bond donors (Lipinski definition) is 2. The van der Waals surface area contributed by atoms with Crippen LogP contribution in [0.25, 0.3) is 0 Å². The van der Waals surface area contributed by atoms with Crippen molar-refractivity contribution in [1.82, 2.24) is 0 Å². The molecule has 1 amide bonds. The summed E-state index contributed by atoms with van der Waals surface area (Å²) >= 11 is 0. The van der Waals surface area contributed by atoms with E-state index in [9.17, 15) is 9.59 Å². The van der Waals surface area contributed by atoms with E-state index in [1.165, 1.54) is 12.1 Å². The average Bonchev–Trinajstić information content (AvgIpc) is 2.30. The van der Waals surface area contributed by atoms with Gasteiger partial charge in [-0.3, -0.25) is 4.79 Å².